The van der Waals surface area contributed by atoms with Crippen molar-refractivity contribution in [3.05, 3.63) is 29.8 Å². The van der Waals surface area contributed by atoms with E-state index in [1.54, 1.807) is 0 Å². The van der Waals surface area contributed by atoms with E-state index in [0.29, 0.717) is 6.42 Å². The molecule has 0 bridgehead atoms. The van der Waals surface area contributed by atoms with Gasteiger partial charge in [0.25, 0.3) is 0 Å². The van der Waals surface area contributed by atoms with Gasteiger partial charge in [0.2, 0.25) is 0 Å². The lowest BCUT2D eigenvalue weighted by Crippen LogP contribution is -2.19. The van der Waals surface area contributed by atoms with Gasteiger partial charge in [-0.25, -0.2) is 0 Å². The first-order valence-electron chi connectivity index (χ1n) is 7.43. The summed E-state index contributed by atoms with van der Waals surface area (Å²) in [6, 6.07) is 8.62. The second-order valence-electron chi connectivity index (χ2n) is 5.66. The molecule has 1 aromatic carbocycles. The summed E-state index contributed by atoms with van der Waals surface area (Å²) >= 11 is 0. The molecule has 4 heteroatoms. The van der Waals surface area contributed by atoms with E-state index >= 15 is 0 Å². The minimum absolute atomic E-state index is 0.174. The van der Waals surface area contributed by atoms with Gasteiger partial charge in [0.15, 0.2) is 0 Å². The molecule has 1 saturated heterocycles. The molecule has 1 unspecified atom stereocenters. The topological polar surface area (TPSA) is 52.6 Å². The average Bonchev–Trinajstić information content (AvgIpc) is 2.89. The Bertz CT molecular complexity index is 442. The number of aliphatic carboxylic acids is 1. The number of likely N-dealkylation sites (tertiary alicyclic amines) is 1. The molecular weight excluding hydrogens is 252 g/mol. The zero-order valence-electron chi connectivity index (χ0n) is 12.1. The van der Waals surface area contributed by atoms with Crippen LogP contribution in [0.25, 0.3) is 0 Å². The lowest BCUT2D eigenvalue weighted by Gasteiger charge is -2.17. The van der Waals surface area contributed by atoms with Gasteiger partial charge in [0.05, 0.1) is 0 Å². The minimum Gasteiger partial charge on any atom is -0.481 e. The maximum absolute atomic E-state index is 10.6. The van der Waals surface area contributed by atoms with Crippen LogP contribution in [0.3, 0.4) is 0 Å². The Kier molecular flexibility index (Phi) is 5.41. The Labute approximate surface area is 120 Å². The molecule has 4 nitrogen and oxygen atoms in total. The summed E-state index contributed by atoms with van der Waals surface area (Å²) in [4.78, 5) is 13.0. The summed E-state index contributed by atoms with van der Waals surface area (Å²) in [5, 5.41) is 12.1. The average molecular weight is 276 g/mol. The van der Waals surface area contributed by atoms with Crippen LogP contribution in [0.2, 0.25) is 0 Å². The van der Waals surface area contributed by atoms with Gasteiger partial charge in [-0.05, 0) is 57.0 Å². The summed E-state index contributed by atoms with van der Waals surface area (Å²) in [5.41, 5.74) is 2.40. The molecule has 0 amide bonds. The first kappa shape index (κ1) is 14.9. The van der Waals surface area contributed by atoms with Gasteiger partial charge < -0.3 is 10.4 Å². The van der Waals surface area contributed by atoms with Gasteiger partial charge in [-0.1, -0.05) is 12.1 Å². The van der Waals surface area contributed by atoms with E-state index in [0.717, 1.165) is 12.2 Å². The Morgan fingerprint density at radius 2 is 2.15 bits per heavy atom. The smallest absolute Gasteiger partial charge is 0.303 e. The van der Waals surface area contributed by atoms with Crippen molar-refractivity contribution in [2.75, 3.05) is 18.4 Å². The number of nitrogens with one attached hydrogen (secondary N) is 1. The van der Waals surface area contributed by atoms with Gasteiger partial charge >= 0.3 is 5.97 Å². The summed E-state index contributed by atoms with van der Waals surface area (Å²) in [5.74, 6) is -0.735. The summed E-state index contributed by atoms with van der Waals surface area (Å²) in [6.45, 7) is 5.44. The van der Waals surface area contributed by atoms with Crippen molar-refractivity contribution < 1.29 is 9.90 Å². The van der Waals surface area contributed by atoms with Crippen LogP contribution in [0.15, 0.2) is 24.3 Å². The van der Waals surface area contributed by atoms with Crippen molar-refractivity contribution in [2.45, 2.75) is 45.2 Å². The molecule has 0 spiro atoms. The van der Waals surface area contributed by atoms with Gasteiger partial charge in [-0.3, -0.25) is 9.69 Å². The molecule has 0 saturated carbocycles. The lowest BCUT2D eigenvalue weighted by atomic mass is 10.1. The SMILES string of the molecule is CC(CCC(=O)O)Nc1cccc(CN2CCCC2)c1. The van der Waals surface area contributed by atoms with Crippen LogP contribution in [-0.2, 0) is 11.3 Å². The molecule has 20 heavy (non-hydrogen) atoms. The minimum atomic E-state index is -0.735. The van der Waals surface area contributed by atoms with Gasteiger partial charge in [-0.15, -0.1) is 0 Å². The fourth-order valence-electron chi connectivity index (χ4n) is 2.66. The third-order valence-corrected chi connectivity index (χ3v) is 3.74. The predicted molar refractivity (Wildman–Crippen MR) is 80.9 cm³/mol. The Morgan fingerprint density at radius 3 is 2.85 bits per heavy atom. The molecule has 1 fully saturated rings. The number of rotatable bonds is 7. The maximum Gasteiger partial charge on any atom is 0.303 e. The molecule has 0 aromatic heterocycles. The highest BCUT2D eigenvalue weighted by atomic mass is 16.4. The van der Waals surface area contributed by atoms with E-state index < -0.39 is 5.97 Å². The van der Waals surface area contributed by atoms with E-state index in [1.165, 1.54) is 31.5 Å². The number of nitrogens with zero attached hydrogens (tertiary/aromatic N) is 1. The van der Waals surface area contributed by atoms with Crippen LogP contribution in [0.4, 0.5) is 5.69 Å². The highest BCUT2D eigenvalue weighted by Gasteiger charge is 2.12. The van der Waals surface area contributed by atoms with Crippen LogP contribution in [0.1, 0.15) is 38.2 Å². The van der Waals surface area contributed by atoms with E-state index in [4.69, 9.17) is 5.11 Å². The number of anilines is 1. The molecule has 110 valence electrons. The Morgan fingerprint density at radius 1 is 1.40 bits per heavy atom. The Hall–Kier alpha value is -1.55. The highest BCUT2D eigenvalue weighted by Crippen LogP contribution is 2.17. The van der Waals surface area contributed by atoms with Crippen molar-refractivity contribution in [3.8, 4) is 0 Å². The van der Waals surface area contributed by atoms with Crippen LogP contribution in [0.5, 0.6) is 0 Å². The number of carboxylic acids is 1. The molecule has 1 aliphatic heterocycles. The number of hydrogen-bond acceptors (Lipinski definition) is 3. The second-order valence-corrected chi connectivity index (χ2v) is 5.66. The molecule has 2 rings (SSSR count). The van der Waals surface area contributed by atoms with Crippen molar-refractivity contribution in [1.82, 2.24) is 4.90 Å². The molecule has 1 heterocycles. The zero-order chi connectivity index (χ0) is 14.4. The first-order valence-corrected chi connectivity index (χ1v) is 7.43. The molecule has 1 atom stereocenters. The van der Waals surface area contributed by atoms with Gasteiger partial charge in [-0.2, -0.15) is 0 Å². The lowest BCUT2D eigenvalue weighted by molar-refractivity contribution is -0.137. The van der Waals surface area contributed by atoms with E-state index in [1.807, 2.05) is 13.0 Å². The fraction of sp³-hybridized carbons (Fsp3) is 0.562. The monoisotopic (exact) mass is 276 g/mol. The molecular formula is C16H24N2O2. The second kappa shape index (κ2) is 7.29. The summed E-state index contributed by atoms with van der Waals surface area (Å²) < 4.78 is 0. The van der Waals surface area contributed by atoms with Crippen molar-refractivity contribution in [3.63, 3.8) is 0 Å². The van der Waals surface area contributed by atoms with Gasteiger partial charge in [0, 0.05) is 24.7 Å². The number of hydrogen-bond donors (Lipinski definition) is 2. The molecule has 0 aliphatic carbocycles. The summed E-state index contributed by atoms with van der Waals surface area (Å²) in [6.07, 6.45) is 3.47. The fourth-order valence-corrected chi connectivity index (χ4v) is 2.66. The van der Waals surface area contributed by atoms with E-state index in [2.05, 4.69) is 28.4 Å². The number of carbonyl (C=O) groups is 1. The van der Waals surface area contributed by atoms with Crippen LogP contribution >= 0.6 is 0 Å². The Balaban J connectivity index is 1.86. The molecule has 1 aliphatic rings. The van der Waals surface area contributed by atoms with Crippen molar-refractivity contribution >= 4 is 11.7 Å². The van der Waals surface area contributed by atoms with Crippen molar-refractivity contribution in [1.29, 1.82) is 0 Å². The summed E-state index contributed by atoms with van der Waals surface area (Å²) in [7, 11) is 0. The highest BCUT2D eigenvalue weighted by molar-refractivity contribution is 5.66. The third kappa shape index (κ3) is 4.85. The van der Waals surface area contributed by atoms with Crippen molar-refractivity contribution in [2.24, 2.45) is 0 Å². The van der Waals surface area contributed by atoms with E-state index in [9.17, 15) is 4.79 Å². The molecule has 1 aromatic rings. The largest absolute Gasteiger partial charge is 0.481 e. The van der Waals surface area contributed by atoms with Crippen LogP contribution in [0, 0.1) is 0 Å². The van der Waals surface area contributed by atoms with Crippen LogP contribution in [-0.4, -0.2) is 35.1 Å². The third-order valence-electron chi connectivity index (χ3n) is 3.74. The maximum atomic E-state index is 10.6. The first-order chi connectivity index (χ1) is 9.63. The van der Waals surface area contributed by atoms with Gasteiger partial charge in [0.1, 0.15) is 0 Å². The quantitative estimate of drug-likeness (QED) is 0.804. The van der Waals surface area contributed by atoms with Crippen LogP contribution < -0.4 is 5.32 Å². The van der Waals surface area contributed by atoms with E-state index in [-0.39, 0.29) is 12.5 Å². The molecule has 0 radical (unpaired) electrons. The predicted octanol–water partition coefficient (Wildman–Crippen LogP) is 2.95. The number of benzene rings is 1. The standard InChI is InChI=1S/C16H24N2O2/c1-13(7-8-16(19)20)17-15-6-4-5-14(11-15)12-18-9-2-3-10-18/h4-6,11,13,17H,2-3,7-10,12H2,1H3,(H,19,20). The normalized spacial score (nSPS) is 17.1. The number of carboxylic acid groups (broad SMARTS) is 1. The molecule has 2 N–H and O–H groups in total. The zero-order valence-corrected chi connectivity index (χ0v) is 12.1.